The molecule has 0 atom stereocenters. The van der Waals surface area contributed by atoms with Crippen LogP contribution in [0.5, 0.6) is 0 Å². The number of rotatable bonds is 6. The third-order valence-electron chi connectivity index (χ3n) is 2.51. The van der Waals surface area contributed by atoms with Crippen LogP contribution in [0.15, 0.2) is 12.1 Å². The van der Waals surface area contributed by atoms with E-state index < -0.39 is 0 Å². The fourth-order valence-electron chi connectivity index (χ4n) is 1.76. The lowest BCUT2D eigenvalue weighted by Crippen LogP contribution is -2.21. The summed E-state index contributed by atoms with van der Waals surface area (Å²) in [6, 6.07) is 4.29. The van der Waals surface area contributed by atoms with E-state index in [2.05, 4.69) is 62.2 Å². The van der Waals surface area contributed by atoms with E-state index in [0.717, 1.165) is 25.3 Å². The maximum absolute atomic E-state index is 4.64. The molecule has 96 valence electrons. The Morgan fingerprint density at radius 3 is 2.59 bits per heavy atom. The average Bonchev–Trinajstić information content (AvgIpc) is 2.14. The molecule has 3 heteroatoms. The van der Waals surface area contributed by atoms with Crippen molar-refractivity contribution in [1.29, 1.82) is 0 Å². The second-order valence-corrected chi connectivity index (χ2v) is 5.35. The zero-order chi connectivity index (χ0) is 12.8. The summed E-state index contributed by atoms with van der Waals surface area (Å²) in [5.74, 6) is 1.65. The van der Waals surface area contributed by atoms with Gasteiger partial charge in [-0.25, -0.2) is 4.98 Å². The molecule has 0 fully saturated rings. The van der Waals surface area contributed by atoms with Gasteiger partial charge in [-0.2, -0.15) is 0 Å². The van der Waals surface area contributed by atoms with Gasteiger partial charge in [0.2, 0.25) is 0 Å². The van der Waals surface area contributed by atoms with Crippen molar-refractivity contribution in [2.45, 2.75) is 27.2 Å². The quantitative estimate of drug-likeness (QED) is 0.821. The standard InChI is InChI=1S/C14H25N3/c1-11(2)8-13-9-12(3)10-14(16-13)15-6-7-17(4)5/h9-11H,6-8H2,1-5H3,(H,15,16). The summed E-state index contributed by atoms with van der Waals surface area (Å²) in [6.45, 7) is 8.54. The molecule has 1 aromatic rings. The Morgan fingerprint density at radius 2 is 2.00 bits per heavy atom. The van der Waals surface area contributed by atoms with Crippen LogP contribution in [0.1, 0.15) is 25.1 Å². The van der Waals surface area contributed by atoms with Crippen molar-refractivity contribution in [3.8, 4) is 0 Å². The molecular formula is C14H25N3. The lowest BCUT2D eigenvalue weighted by atomic mass is 10.1. The topological polar surface area (TPSA) is 28.2 Å². The minimum atomic E-state index is 0.652. The fraction of sp³-hybridized carbons (Fsp3) is 0.643. The zero-order valence-corrected chi connectivity index (χ0v) is 11.7. The van der Waals surface area contributed by atoms with Gasteiger partial charge >= 0.3 is 0 Å². The van der Waals surface area contributed by atoms with Gasteiger partial charge in [-0.3, -0.25) is 0 Å². The third-order valence-corrected chi connectivity index (χ3v) is 2.51. The molecule has 0 aliphatic heterocycles. The van der Waals surface area contributed by atoms with Gasteiger partial charge in [0, 0.05) is 18.8 Å². The lowest BCUT2D eigenvalue weighted by molar-refractivity contribution is 0.425. The molecule has 0 unspecified atom stereocenters. The summed E-state index contributed by atoms with van der Waals surface area (Å²) in [5, 5.41) is 3.38. The third kappa shape index (κ3) is 5.68. The molecule has 0 saturated heterocycles. The van der Waals surface area contributed by atoms with Gasteiger partial charge in [0.05, 0.1) is 0 Å². The van der Waals surface area contributed by atoms with E-state index in [9.17, 15) is 0 Å². The van der Waals surface area contributed by atoms with Crippen molar-refractivity contribution in [3.05, 3.63) is 23.4 Å². The lowest BCUT2D eigenvalue weighted by Gasteiger charge is -2.13. The number of nitrogens with zero attached hydrogens (tertiary/aromatic N) is 2. The van der Waals surface area contributed by atoms with Gasteiger partial charge in [-0.1, -0.05) is 13.8 Å². The Balaban J connectivity index is 2.62. The number of pyridine rings is 1. The van der Waals surface area contributed by atoms with E-state index in [-0.39, 0.29) is 0 Å². The van der Waals surface area contributed by atoms with Crippen molar-refractivity contribution in [2.24, 2.45) is 5.92 Å². The van der Waals surface area contributed by atoms with E-state index in [4.69, 9.17) is 0 Å². The Morgan fingerprint density at radius 1 is 1.29 bits per heavy atom. The molecule has 0 bridgehead atoms. The van der Waals surface area contributed by atoms with Gasteiger partial charge in [-0.15, -0.1) is 0 Å². The van der Waals surface area contributed by atoms with Crippen LogP contribution in [0, 0.1) is 12.8 Å². The fourth-order valence-corrected chi connectivity index (χ4v) is 1.76. The first-order valence-electron chi connectivity index (χ1n) is 6.33. The summed E-state index contributed by atoms with van der Waals surface area (Å²) >= 11 is 0. The van der Waals surface area contributed by atoms with Crippen LogP contribution in [0.25, 0.3) is 0 Å². The molecule has 0 aliphatic carbocycles. The van der Waals surface area contributed by atoms with Crippen LogP contribution in [-0.4, -0.2) is 37.1 Å². The van der Waals surface area contributed by atoms with Gasteiger partial charge in [0.1, 0.15) is 5.82 Å². The average molecular weight is 235 g/mol. The first-order valence-corrected chi connectivity index (χ1v) is 6.33. The highest BCUT2D eigenvalue weighted by molar-refractivity contribution is 5.39. The summed E-state index contributed by atoms with van der Waals surface area (Å²) in [4.78, 5) is 6.81. The first kappa shape index (κ1) is 14.0. The van der Waals surface area contributed by atoms with Crippen LogP contribution >= 0.6 is 0 Å². The molecule has 17 heavy (non-hydrogen) atoms. The number of hydrogen-bond donors (Lipinski definition) is 1. The predicted molar refractivity (Wildman–Crippen MR) is 74.6 cm³/mol. The molecule has 0 spiro atoms. The summed E-state index contributed by atoms with van der Waals surface area (Å²) in [6.07, 6.45) is 1.05. The Kier molecular flexibility index (Phi) is 5.42. The maximum Gasteiger partial charge on any atom is 0.126 e. The molecule has 0 saturated carbocycles. The molecule has 3 nitrogen and oxygen atoms in total. The number of hydrogen-bond acceptors (Lipinski definition) is 3. The van der Waals surface area contributed by atoms with Crippen LogP contribution in [-0.2, 0) is 6.42 Å². The SMILES string of the molecule is Cc1cc(CC(C)C)nc(NCCN(C)C)c1. The summed E-state index contributed by atoms with van der Waals surface area (Å²) in [7, 11) is 4.16. The summed E-state index contributed by atoms with van der Waals surface area (Å²) < 4.78 is 0. The molecule has 1 heterocycles. The predicted octanol–water partition coefficient (Wildman–Crippen LogP) is 2.56. The van der Waals surface area contributed by atoms with Crippen molar-refractivity contribution in [1.82, 2.24) is 9.88 Å². The van der Waals surface area contributed by atoms with Crippen molar-refractivity contribution < 1.29 is 0 Å². The van der Waals surface area contributed by atoms with Crippen molar-refractivity contribution >= 4 is 5.82 Å². The monoisotopic (exact) mass is 235 g/mol. The van der Waals surface area contributed by atoms with E-state index in [0.29, 0.717) is 5.92 Å². The minimum absolute atomic E-state index is 0.652. The maximum atomic E-state index is 4.64. The highest BCUT2D eigenvalue weighted by atomic mass is 15.1. The second kappa shape index (κ2) is 6.60. The van der Waals surface area contributed by atoms with E-state index in [1.54, 1.807) is 0 Å². The smallest absolute Gasteiger partial charge is 0.126 e. The molecule has 0 amide bonds. The molecule has 0 radical (unpaired) electrons. The number of anilines is 1. The zero-order valence-electron chi connectivity index (χ0n) is 11.7. The number of aryl methyl sites for hydroxylation is 1. The van der Waals surface area contributed by atoms with Crippen LogP contribution in [0.3, 0.4) is 0 Å². The van der Waals surface area contributed by atoms with Crippen molar-refractivity contribution in [2.75, 3.05) is 32.5 Å². The highest BCUT2D eigenvalue weighted by Gasteiger charge is 2.03. The summed E-state index contributed by atoms with van der Waals surface area (Å²) in [5.41, 5.74) is 2.47. The Labute approximate surface area is 105 Å². The Bertz CT molecular complexity index is 345. The largest absolute Gasteiger partial charge is 0.369 e. The molecule has 0 aromatic carbocycles. The van der Waals surface area contributed by atoms with Crippen LogP contribution < -0.4 is 5.32 Å². The van der Waals surface area contributed by atoms with Crippen LogP contribution in [0.4, 0.5) is 5.82 Å². The van der Waals surface area contributed by atoms with E-state index >= 15 is 0 Å². The van der Waals surface area contributed by atoms with E-state index in [1.165, 1.54) is 11.3 Å². The van der Waals surface area contributed by atoms with Gasteiger partial charge in [0.25, 0.3) is 0 Å². The molecular weight excluding hydrogens is 210 g/mol. The van der Waals surface area contributed by atoms with E-state index in [1.807, 2.05) is 0 Å². The van der Waals surface area contributed by atoms with Gasteiger partial charge < -0.3 is 10.2 Å². The Hall–Kier alpha value is -1.09. The van der Waals surface area contributed by atoms with Crippen LogP contribution in [0.2, 0.25) is 0 Å². The number of aromatic nitrogens is 1. The normalized spacial score (nSPS) is 11.2. The van der Waals surface area contributed by atoms with Gasteiger partial charge in [0.15, 0.2) is 0 Å². The molecule has 0 aliphatic rings. The second-order valence-electron chi connectivity index (χ2n) is 5.35. The number of likely N-dealkylation sites (N-methyl/N-ethyl adjacent to an activating group) is 1. The molecule has 1 aromatic heterocycles. The molecule has 1 rings (SSSR count). The minimum Gasteiger partial charge on any atom is -0.369 e. The molecule has 1 N–H and O–H groups in total. The number of nitrogens with one attached hydrogen (secondary N) is 1. The van der Waals surface area contributed by atoms with Gasteiger partial charge in [-0.05, 0) is 51.1 Å². The highest BCUT2D eigenvalue weighted by Crippen LogP contribution is 2.12. The van der Waals surface area contributed by atoms with Crippen molar-refractivity contribution in [3.63, 3.8) is 0 Å². The first-order chi connectivity index (χ1) is 7.97.